The van der Waals surface area contributed by atoms with Gasteiger partial charge in [-0.1, -0.05) is 6.07 Å². The van der Waals surface area contributed by atoms with Gasteiger partial charge < -0.3 is 9.47 Å². The minimum absolute atomic E-state index is 0.301. The second kappa shape index (κ2) is 6.35. The van der Waals surface area contributed by atoms with Gasteiger partial charge in [0.1, 0.15) is 17.6 Å². The van der Waals surface area contributed by atoms with E-state index in [2.05, 4.69) is 10.1 Å². The third-order valence-electron chi connectivity index (χ3n) is 2.73. The molecule has 4 nitrogen and oxygen atoms in total. The van der Waals surface area contributed by atoms with E-state index in [4.69, 9.17) is 4.74 Å². The quantitative estimate of drug-likeness (QED) is 0.818. The molecule has 0 aliphatic carbocycles. The predicted octanol–water partition coefficient (Wildman–Crippen LogP) is 2.05. The maximum atomic E-state index is 13.8. The van der Waals surface area contributed by atoms with E-state index in [9.17, 15) is 9.18 Å². The zero-order valence-corrected chi connectivity index (χ0v) is 11.0. The summed E-state index contributed by atoms with van der Waals surface area (Å²) in [5, 5.41) is 2.97. The molecule has 0 bridgehead atoms. The lowest BCUT2D eigenvalue weighted by Crippen LogP contribution is -2.36. The normalized spacial score (nSPS) is 13.8. The van der Waals surface area contributed by atoms with Crippen molar-refractivity contribution in [3.05, 3.63) is 29.6 Å². The average molecular weight is 255 g/mol. The van der Waals surface area contributed by atoms with Gasteiger partial charge in [0, 0.05) is 17.7 Å². The highest BCUT2D eigenvalue weighted by atomic mass is 19.1. The molecule has 1 N–H and O–H groups in total. The summed E-state index contributed by atoms with van der Waals surface area (Å²) in [6, 6.07) is 3.84. The lowest BCUT2D eigenvalue weighted by Gasteiger charge is -2.19. The number of hydrogen-bond acceptors (Lipinski definition) is 4. The zero-order valence-electron chi connectivity index (χ0n) is 11.0. The number of carbonyl (C=O) groups is 1. The summed E-state index contributed by atoms with van der Waals surface area (Å²) >= 11 is 0. The Bertz CT molecular complexity index is 423. The molecule has 0 saturated carbocycles. The Kier molecular flexibility index (Phi) is 5.09. The summed E-state index contributed by atoms with van der Waals surface area (Å²) in [4.78, 5) is 11.3. The second-order valence-electron chi connectivity index (χ2n) is 4.02. The standard InChI is InChI=1S/C13H18FNO3/c1-8(15-9(2)13(16)18-4)11-6-5-10(17-3)7-12(11)14/h5-9,15H,1-4H3/t8?,9-/m0/s1. The average Bonchev–Trinajstić information content (AvgIpc) is 2.37. The van der Waals surface area contributed by atoms with Gasteiger partial charge in [-0.05, 0) is 19.9 Å². The molecule has 0 aromatic heterocycles. The number of esters is 1. The Labute approximate surface area is 106 Å². The van der Waals surface area contributed by atoms with Crippen molar-refractivity contribution < 1.29 is 18.7 Å². The van der Waals surface area contributed by atoms with Crippen LogP contribution in [0.3, 0.4) is 0 Å². The van der Waals surface area contributed by atoms with Crippen LogP contribution < -0.4 is 10.1 Å². The van der Waals surface area contributed by atoms with E-state index in [1.165, 1.54) is 20.3 Å². The fourth-order valence-electron chi connectivity index (χ4n) is 1.70. The molecule has 0 aliphatic heterocycles. The smallest absolute Gasteiger partial charge is 0.322 e. The Hall–Kier alpha value is -1.62. The molecule has 0 spiro atoms. The first-order chi connectivity index (χ1) is 8.49. The highest BCUT2D eigenvalue weighted by molar-refractivity contribution is 5.75. The molecule has 0 heterocycles. The van der Waals surface area contributed by atoms with E-state index < -0.39 is 6.04 Å². The Morgan fingerprint density at radius 2 is 2.00 bits per heavy atom. The highest BCUT2D eigenvalue weighted by Gasteiger charge is 2.18. The zero-order chi connectivity index (χ0) is 13.7. The second-order valence-corrected chi connectivity index (χ2v) is 4.02. The Morgan fingerprint density at radius 1 is 1.33 bits per heavy atom. The first-order valence-electron chi connectivity index (χ1n) is 5.67. The molecule has 5 heteroatoms. The van der Waals surface area contributed by atoms with Crippen LogP contribution in [-0.4, -0.2) is 26.2 Å². The van der Waals surface area contributed by atoms with E-state index >= 15 is 0 Å². The van der Waals surface area contributed by atoms with E-state index in [1.807, 2.05) is 0 Å². The summed E-state index contributed by atoms with van der Waals surface area (Å²) in [6.45, 7) is 3.45. The van der Waals surface area contributed by atoms with Gasteiger partial charge >= 0.3 is 5.97 Å². The van der Waals surface area contributed by atoms with E-state index in [0.29, 0.717) is 11.3 Å². The van der Waals surface area contributed by atoms with Crippen LogP contribution in [0.4, 0.5) is 4.39 Å². The molecule has 1 aromatic rings. The van der Waals surface area contributed by atoms with Gasteiger partial charge in [0.25, 0.3) is 0 Å². The van der Waals surface area contributed by atoms with Crippen LogP contribution in [0.2, 0.25) is 0 Å². The van der Waals surface area contributed by atoms with Crippen molar-refractivity contribution in [1.82, 2.24) is 5.32 Å². The molecule has 0 radical (unpaired) electrons. The lowest BCUT2D eigenvalue weighted by atomic mass is 10.1. The minimum Gasteiger partial charge on any atom is -0.497 e. The lowest BCUT2D eigenvalue weighted by molar-refractivity contribution is -0.142. The number of nitrogens with one attached hydrogen (secondary N) is 1. The van der Waals surface area contributed by atoms with Gasteiger partial charge in [0.2, 0.25) is 0 Å². The molecular weight excluding hydrogens is 237 g/mol. The van der Waals surface area contributed by atoms with Gasteiger partial charge in [0.05, 0.1) is 14.2 Å². The molecule has 100 valence electrons. The van der Waals surface area contributed by atoms with Gasteiger partial charge in [-0.2, -0.15) is 0 Å². The van der Waals surface area contributed by atoms with Gasteiger partial charge in [-0.15, -0.1) is 0 Å². The number of carbonyl (C=O) groups excluding carboxylic acids is 1. The van der Waals surface area contributed by atoms with Crippen LogP contribution in [0.25, 0.3) is 0 Å². The number of rotatable bonds is 5. The largest absolute Gasteiger partial charge is 0.497 e. The van der Waals surface area contributed by atoms with Crippen LogP contribution in [-0.2, 0) is 9.53 Å². The SMILES string of the molecule is COC(=O)[C@H](C)NC(C)c1ccc(OC)cc1F. The fraction of sp³-hybridized carbons (Fsp3) is 0.462. The van der Waals surface area contributed by atoms with Gasteiger partial charge in [0.15, 0.2) is 0 Å². The summed E-state index contributed by atoms with van der Waals surface area (Å²) in [7, 11) is 2.80. The maximum Gasteiger partial charge on any atom is 0.322 e. The first kappa shape index (κ1) is 14.4. The number of ether oxygens (including phenoxy) is 2. The number of halogens is 1. The summed E-state index contributed by atoms with van der Waals surface area (Å²) in [5.74, 6) is -0.286. The molecule has 0 aliphatic rings. The molecule has 0 saturated heterocycles. The number of hydrogen-bond donors (Lipinski definition) is 1. The fourth-order valence-corrected chi connectivity index (χ4v) is 1.70. The highest BCUT2D eigenvalue weighted by Crippen LogP contribution is 2.22. The van der Waals surface area contributed by atoms with E-state index in [0.717, 1.165) is 0 Å². The predicted molar refractivity (Wildman–Crippen MR) is 66.0 cm³/mol. The topological polar surface area (TPSA) is 47.6 Å². The van der Waals surface area contributed by atoms with Crippen molar-refractivity contribution in [2.45, 2.75) is 25.9 Å². The maximum absolute atomic E-state index is 13.8. The van der Waals surface area contributed by atoms with Crippen molar-refractivity contribution in [2.75, 3.05) is 14.2 Å². The first-order valence-corrected chi connectivity index (χ1v) is 5.67. The van der Waals surface area contributed by atoms with Gasteiger partial charge in [-0.3, -0.25) is 10.1 Å². The molecule has 0 amide bonds. The van der Waals surface area contributed by atoms with Crippen molar-refractivity contribution >= 4 is 5.97 Å². The monoisotopic (exact) mass is 255 g/mol. The molecule has 1 rings (SSSR count). The number of methoxy groups -OCH3 is 2. The van der Waals surface area contributed by atoms with Crippen LogP contribution in [0.15, 0.2) is 18.2 Å². The van der Waals surface area contributed by atoms with E-state index in [-0.39, 0.29) is 17.8 Å². The van der Waals surface area contributed by atoms with Crippen molar-refractivity contribution in [2.24, 2.45) is 0 Å². The molecule has 1 aromatic carbocycles. The molecule has 1 unspecified atom stereocenters. The summed E-state index contributed by atoms with van der Waals surface area (Å²) < 4.78 is 23.3. The minimum atomic E-state index is -0.494. The third-order valence-corrected chi connectivity index (χ3v) is 2.73. The molecule has 0 fully saturated rings. The van der Waals surface area contributed by atoms with Crippen molar-refractivity contribution in [3.8, 4) is 5.75 Å². The van der Waals surface area contributed by atoms with Crippen LogP contribution in [0.5, 0.6) is 5.75 Å². The van der Waals surface area contributed by atoms with Crippen LogP contribution in [0, 0.1) is 5.82 Å². The van der Waals surface area contributed by atoms with Crippen LogP contribution >= 0.6 is 0 Å². The molecule has 18 heavy (non-hydrogen) atoms. The third kappa shape index (κ3) is 3.43. The van der Waals surface area contributed by atoms with E-state index in [1.54, 1.807) is 26.0 Å². The number of benzene rings is 1. The van der Waals surface area contributed by atoms with Crippen molar-refractivity contribution in [3.63, 3.8) is 0 Å². The van der Waals surface area contributed by atoms with Gasteiger partial charge in [-0.25, -0.2) is 4.39 Å². The summed E-state index contributed by atoms with van der Waals surface area (Å²) in [6.07, 6.45) is 0. The Balaban J connectivity index is 2.78. The van der Waals surface area contributed by atoms with Crippen molar-refractivity contribution in [1.29, 1.82) is 0 Å². The van der Waals surface area contributed by atoms with Crippen LogP contribution in [0.1, 0.15) is 25.5 Å². The molecular formula is C13H18FNO3. The molecule has 2 atom stereocenters. The Morgan fingerprint density at radius 3 is 2.50 bits per heavy atom. The summed E-state index contributed by atoms with van der Waals surface area (Å²) in [5.41, 5.74) is 0.478.